The van der Waals surface area contributed by atoms with Gasteiger partial charge in [0.25, 0.3) is 5.56 Å². The molecule has 0 unspecified atom stereocenters. The Labute approximate surface area is 168 Å². The Kier molecular flexibility index (Phi) is 4.85. The van der Waals surface area contributed by atoms with Crippen molar-refractivity contribution in [2.24, 2.45) is 5.92 Å². The van der Waals surface area contributed by atoms with E-state index in [-0.39, 0.29) is 10.5 Å². The van der Waals surface area contributed by atoms with Crippen LogP contribution in [0, 0.1) is 5.92 Å². The zero-order chi connectivity index (χ0) is 19.9. The summed E-state index contributed by atoms with van der Waals surface area (Å²) in [6, 6.07) is 15.4. The second-order valence-corrected chi connectivity index (χ2v) is 9.63. The van der Waals surface area contributed by atoms with Crippen molar-refractivity contribution in [3.63, 3.8) is 0 Å². The van der Waals surface area contributed by atoms with E-state index in [2.05, 4.69) is 5.10 Å². The minimum Gasteiger partial charge on any atom is -0.268 e. The Bertz CT molecular complexity index is 1180. The maximum atomic E-state index is 12.6. The summed E-state index contributed by atoms with van der Waals surface area (Å²) < 4.78 is 25.0. The summed E-state index contributed by atoms with van der Waals surface area (Å²) in [5.74, 6) is 0.507. The minimum absolute atomic E-state index is 0.145. The van der Waals surface area contributed by atoms with E-state index in [4.69, 9.17) is 11.6 Å². The van der Waals surface area contributed by atoms with E-state index in [1.165, 1.54) is 10.9 Å². The Morgan fingerprint density at radius 3 is 2.21 bits per heavy atom. The van der Waals surface area contributed by atoms with E-state index < -0.39 is 9.84 Å². The van der Waals surface area contributed by atoms with E-state index in [0.717, 1.165) is 24.0 Å². The van der Waals surface area contributed by atoms with Crippen LogP contribution in [0.5, 0.6) is 0 Å². The molecule has 3 aromatic rings. The highest BCUT2D eigenvalue weighted by molar-refractivity contribution is 7.90. The summed E-state index contributed by atoms with van der Waals surface area (Å²) in [5, 5.41) is 5.24. The van der Waals surface area contributed by atoms with Gasteiger partial charge in [-0.3, -0.25) is 4.79 Å². The molecule has 1 fully saturated rings. The lowest BCUT2D eigenvalue weighted by Crippen LogP contribution is -2.24. The molecule has 0 saturated heterocycles. The molecule has 0 atom stereocenters. The highest BCUT2D eigenvalue weighted by Crippen LogP contribution is 2.33. The molecule has 1 aliphatic carbocycles. The molecule has 0 N–H and O–H groups in total. The monoisotopic (exact) mass is 414 g/mol. The normalized spacial score (nSPS) is 14.2. The van der Waals surface area contributed by atoms with E-state index in [9.17, 15) is 13.2 Å². The van der Waals surface area contributed by atoms with Gasteiger partial charge in [-0.25, -0.2) is 13.1 Å². The Morgan fingerprint density at radius 2 is 1.64 bits per heavy atom. The van der Waals surface area contributed by atoms with Crippen molar-refractivity contribution in [1.29, 1.82) is 0 Å². The number of halogens is 1. The molecule has 28 heavy (non-hydrogen) atoms. The zero-order valence-electron chi connectivity index (χ0n) is 15.3. The molecular formula is C21H19ClN2O3S. The number of sulfone groups is 1. The van der Waals surface area contributed by atoms with Crippen molar-refractivity contribution in [2.75, 3.05) is 6.26 Å². The second kappa shape index (κ2) is 7.18. The molecule has 0 spiro atoms. The van der Waals surface area contributed by atoms with Gasteiger partial charge in [-0.05, 0) is 48.6 Å². The van der Waals surface area contributed by atoms with Gasteiger partial charge in [0.05, 0.1) is 10.6 Å². The first-order valence-corrected chi connectivity index (χ1v) is 11.3. The fourth-order valence-electron chi connectivity index (χ4n) is 3.09. The molecule has 0 radical (unpaired) electrons. The van der Waals surface area contributed by atoms with E-state index in [1.54, 1.807) is 42.5 Å². The molecule has 0 amide bonds. The van der Waals surface area contributed by atoms with Crippen LogP contribution in [0.25, 0.3) is 22.4 Å². The lowest BCUT2D eigenvalue weighted by atomic mass is 10.00. The highest BCUT2D eigenvalue weighted by Gasteiger charge is 2.23. The molecule has 1 heterocycles. The molecule has 1 aromatic heterocycles. The Hall–Kier alpha value is -2.44. The smallest absolute Gasteiger partial charge is 0.267 e. The summed E-state index contributed by atoms with van der Waals surface area (Å²) in [6.45, 7) is 0.605. The van der Waals surface area contributed by atoms with Crippen molar-refractivity contribution >= 4 is 21.4 Å². The van der Waals surface area contributed by atoms with E-state index in [0.29, 0.717) is 28.7 Å². The first kappa shape index (κ1) is 18.9. The molecular weight excluding hydrogens is 396 g/mol. The average molecular weight is 415 g/mol. The molecule has 5 nitrogen and oxygen atoms in total. The van der Waals surface area contributed by atoms with Crippen LogP contribution in [0.1, 0.15) is 12.8 Å². The highest BCUT2D eigenvalue weighted by atomic mass is 35.5. The van der Waals surface area contributed by atoms with Crippen molar-refractivity contribution < 1.29 is 8.42 Å². The van der Waals surface area contributed by atoms with Crippen molar-refractivity contribution in [1.82, 2.24) is 9.78 Å². The first-order chi connectivity index (χ1) is 13.3. The summed E-state index contributed by atoms with van der Waals surface area (Å²) in [7, 11) is -3.28. The third kappa shape index (κ3) is 4.03. The van der Waals surface area contributed by atoms with Crippen molar-refractivity contribution in [2.45, 2.75) is 24.3 Å². The molecule has 4 rings (SSSR count). The van der Waals surface area contributed by atoms with Gasteiger partial charge in [0.15, 0.2) is 9.84 Å². The SMILES string of the molecule is CS(=O)(=O)c1ccc(-c2nn(CC3CC3)c(=O)cc2-c2ccc(Cl)cc2)cc1. The molecule has 0 bridgehead atoms. The van der Waals surface area contributed by atoms with Gasteiger partial charge in [0, 0.05) is 35.0 Å². The molecule has 1 saturated carbocycles. The van der Waals surface area contributed by atoms with Crippen LogP contribution in [-0.2, 0) is 16.4 Å². The zero-order valence-corrected chi connectivity index (χ0v) is 16.9. The predicted molar refractivity (Wildman–Crippen MR) is 110 cm³/mol. The Balaban J connectivity index is 1.86. The van der Waals surface area contributed by atoms with Crippen LogP contribution < -0.4 is 5.56 Å². The number of hydrogen-bond acceptors (Lipinski definition) is 4. The molecule has 0 aliphatic heterocycles. The lowest BCUT2D eigenvalue weighted by molar-refractivity contribution is 0.536. The van der Waals surface area contributed by atoms with Gasteiger partial charge in [0.2, 0.25) is 0 Å². The van der Waals surface area contributed by atoms with Gasteiger partial charge in [-0.2, -0.15) is 5.10 Å². The van der Waals surface area contributed by atoms with Gasteiger partial charge >= 0.3 is 0 Å². The van der Waals surface area contributed by atoms with Crippen LogP contribution >= 0.6 is 11.6 Å². The maximum Gasteiger partial charge on any atom is 0.267 e. The molecule has 144 valence electrons. The third-order valence-corrected chi connectivity index (χ3v) is 6.22. The van der Waals surface area contributed by atoms with Gasteiger partial charge in [-0.1, -0.05) is 35.9 Å². The number of benzene rings is 2. The second-order valence-electron chi connectivity index (χ2n) is 7.17. The average Bonchev–Trinajstić information content (AvgIpc) is 3.47. The van der Waals surface area contributed by atoms with Crippen LogP contribution in [0.3, 0.4) is 0 Å². The van der Waals surface area contributed by atoms with Crippen molar-refractivity contribution in [3.8, 4) is 22.4 Å². The van der Waals surface area contributed by atoms with Crippen molar-refractivity contribution in [3.05, 3.63) is 70.0 Å². The summed E-state index contributed by atoms with van der Waals surface area (Å²) in [4.78, 5) is 12.9. The van der Waals surface area contributed by atoms with Crippen LogP contribution in [-0.4, -0.2) is 24.5 Å². The number of nitrogens with zero attached hydrogens (tertiary/aromatic N) is 2. The predicted octanol–water partition coefficient (Wildman–Crippen LogP) is 4.04. The molecule has 1 aliphatic rings. The lowest BCUT2D eigenvalue weighted by Gasteiger charge is -2.13. The van der Waals surface area contributed by atoms with Gasteiger partial charge in [-0.15, -0.1) is 0 Å². The number of hydrogen-bond donors (Lipinski definition) is 0. The van der Waals surface area contributed by atoms with Crippen LogP contribution in [0.15, 0.2) is 64.3 Å². The van der Waals surface area contributed by atoms with Gasteiger partial charge < -0.3 is 0 Å². The number of aromatic nitrogens is 2. The standard InChI is InChI=1S/C21H19ClN2O3S/c1-28(26,27)18-10-6-16(7-11-18)21-19(15-4-8-17(22)9-5-15)12-20(25)24(23-21)13-14-2-3-14/h4-12,14H,2-3,13H2,1H3. The molecule has 2 aromatic carbocycles. The Morgan fingerprint density at radius 1 is 1.04 bits per heavy atom. The molecule has 7 heteroatoms. The van der Waals surface area contributed by atoms with Crippen LogP contribution in [0.2, 0.25) is 5.02 Å². The summed E-state index contributed by atoms with van der Waals surface area (Å²) in [6.07, 6.45) is 3.41. The van der Waals surface area contributed by atoms with E-state index >= 15 is 0 Å². The van der Waals surface area contributed by atoms with E-state index in [1.807, 2.05) is 12.1 Å². The summed E-state index contributed by atoms with van der Waals surface area (Å²) in [5.41, 5.74) is 2.77. The quantitative estimate of drug-likeness (QED) is 0.631. The van der Waals surface area contributed by atoms with Gasteiger partial charge in [0.1, 0.15) is 0 Å². The fourth-order valence-corrected chi connectivity index (χ4v) is 3.85. The number of rotatable bonds is 5. The van der Waals surface area contributed by atoms with Crippen LogP contribution in [0.4, 0.5) is 0 Å². The largest absolute Gasteiger partial charge is 0.268 e. The maximum absolute atomic E-state index is 12.6. The minimum atomic E-state index is -3.28. The summed E-state index contributed by atoms with van der Waals surface area (Å²) >= 11 is 6.00. The third-order valence-electron chi connectivity index (χ3n) is 4.84. The first-order valence-electron chi connectivity index (χ1n) is 9.00. The fraction of sp³-hybridized carbons (Fsp3) is 0.238. The topological polar surface area (TPSA) is 69.0 Å².